The number of carboxylic acid groups (broad SMARTS) is 1. The number of carbonyl (C=O) groups is 1. The Morgan fingerprint density at radius 1 is 1.19 bits per heavy atom. The van der Waals surface area contributed by atoms with Crippen LogP contribution in [0.1, 0.15) is 16.1 Å². The average molecular weight is 302 g/mol. The van der Waals surface area contributed by atoms with E-state index in [4.69, 9.17) is 21.4 Å². The van der Waals surface area contributed by atoms with Crippen molar-refractivity contribution in [3.05, 3.63) is 64.8 Å². The number of benzene rings is 2. The molecule has 0 aliphatic heterocycles. The zero-order valence-electron chi connectivity index (χ0n) is 11.0. The molecule has 0 aliphatic rings. The van der Waals surface area contributed by atoms with Crippen LogP contribution in [0.4, 0.5) is 0 Å². The third-order valence-electron chi connectivity index (χ3n) is 3.13. The maximum atomic E-state index is 11.2. The van der Waals surface area contributed by atoms with E-state index < -0.39 is 5.97 Å². The number of ether oxygens (including phenoxy) is 1. The SMILES string of the molecule is O=C(O)c1cccc2cc(COc3cccc(Cl)c3)[nH]c12. The number of nitrogens with one attached hydrogen (secondary N) is 1. The van der Waals surface area contributed by atoms with Gasteiger partial charge >= 0.3 is 5.97 Å². The first-order valence-electron chi connectivity index (χ1n) is 6.36. The summed E-state index contributed by atoms with van der Waals surface area (Å²) in [5, 5.41) is 10.6. The third kappa shape index (κ3) is 2.85. The number of rotatable bonds is 4. The van der Waals surface area contributed by atoms with Crippen LogP contribution in [0.25, 0.3) is 10.9 Å². The maximum Gasteiger partial charge on any atom is 0.337 e. The molecule has 0 aliphatic carbocycles. The topological polar surface area (TPSA) is 62.3 Å². The molecule has 2 N–H and O–H groups in total. The predicted molar refractivity (Wildman–Crippen MR) is 81.0 cm³/mol. The molecule has 1 heterocycles. The molecule has 1 aromatic heterocycles. The lowest BCUT2D eigenvalue weighted by molar-refractivity contribution is 0.0699. The Morgan fingerprint density at radius 2 is 2.00 bits per heavy atom. The van der Waals surface area contributed by atoms with Gasteiger partial charge in [0.2, 0.25) is 0 Å². The Hall–Kier alpha value is -2.46. The van der Waals surface area contributed by atoms with Crippen molar-refractivity contribution in [1.82, 2.24) is 4.98 Å². The summed E-state index contributed by atoms with van der Waals surface area (Å²) in [6.45, 7) is 0.314. The molecule has 21 heavy (non-hydrogen) atoms. The van der Waals surface area contributed by atoms with Crippen LogP contribution in [0.2, 0.25) is 5.02 Å². The van der Waals surface area contributed by atoms with E-state index in [0.717, 1.165) is 11.1 Å². The van der Waals surface area contributed by atoms with Crippen LogP contribution in [0.15, 0.2) is 48.5 Å². The fourth-order valence-electron chi connectivity index (χ4n) is 2.19. The minimum Gasteiger partial charge on any atom is -0.487 e. The number of aromatic nitrogens is 1. The van der Waals surface area contributed by atoms with Crippen LogP contribution in [0.5, 0.6) is 5.75 Å². The van der Waals surface area contributed by atoms with Crippen LogP contribution in [0, 0.1) is 0 Å². The van der Waals surface area contributed by atoms with E-state index in [2.05, 4.69) is 4.98 Å². The van der Waals surface area contributed by atoms with Gasteiger partial charge in [-0.2, -0.15) is 0 Å². The zero-order chi connectivity index (χ0) is 14.8. The first-order chi connectivity index (χ1) is 10.1. The van der Waals surface area contributed by atoms with Gasteiger partial charge in [0.25, 0.3) is 0 Å². The van der Waals surface area contributed by atoms with Crippen LogP contribution < -0.4 is 4.74 Å². The Labute approximate surface area is 125 Å². The summed E-state index contributed by atoms with van der Waals surface area (Å²) in [7, 11) is 0. The monoisotopic (exact) mass is 301 g/mol. The van der Waals surface area contributed by atoms with Crippen molar-refractivity contribution in [3.63, 3.8) is 0 Å². The van der Waals surface area contributed by atoms with E-state index in [1.807, 2.05) is 24.3 Å². The number of aromatic amines is 1. The number of para-hydroxylation sites is 1. The number of H-pyrrole nitrogens is 1. The number of aromatic carboxylic acids is 1. The molecule has 0 unspecified atom stereocenters. The van der Waals surface area contributed by atoms with Gasteiger partial charge in [0.1, 0.15) is 12.4 Å². The number of fused-ring (bicyclic) bond motifs is 1. The molecule has 0 amide bonds. The highest BCUT2D eigenvalue weighted by molar-refractivity contribution is 6.30. The quantitative estimate of drug-likeness (QED) is 0.762. The molecule has 0 saturated heterocycles. The van der Waals surface area contributed by atoms with Gasteiger partial charge in [-0.15, -0.1) is 0 Å². The van der Waals surface area contributed by atoms with Crippen molar-refractivity contribution in [2.24, 2.45) is 0 Å². The Bertz CT molecular complexity index is 810. The van der Waals surface area contributed by atoms with Crippen molar-refractivity contribution < 1.29 is 14.6 Å². The zero-order valence-corrected chi connectivity index (χ0v) is 11.7. The highest BCUT2D eigenvalue weighted by atomic mass is 35.5. The summed E-state index contributed by atoms with van der Waals surface area (Å²) in [6.07, 6.45) is 0. The third-order valence-corrected chi connectivity index (χ3v) is 3.37. The molecule has 0 bridgehead atoms. The van der Waals surface area contributed by atoms with Crippen molar-refractivity contribution >= 4 is 28.5 Å². The highest BCUT2D eigenvalue weighted by Gasteiger charge is 2.11. The first-order valence-corrected chi connectivity index (χ1v) is 6.73. The summed E-state index contributed by atoms with van der Waals surface area (Å²) < 4.78 is 5.64. The lowest BCUT2D eigenvalue weighted by atomic mass is 10.1. The van der Waals surface area contributed by atoms with Crippen LogP contribution in [-0.2, 0) is 6.61 Å². The minimum atomic E-state index is -0.954. The average Bonchev–Trinajstić information content (AvgIpc) is 2.87. The molecular weight excluding hydrogens is 290 g/mol. The van der Waals surface area contributed by atoms with Gasteiger partial charge in [0.15, 0.2) is 0 Å². The standard InChI is InChI=1S/C16H12ClNO3/c17-11-4-2-5-13(8-11)21-9-12-7-10-3-1-6-14(16(19)20)15(10)18-12/h1-8,18H,9H2,(H,19,20). The molecule has 0 radical (unpaired) electrons. The van der Waals surface area contributed by atoms with Crippen molar-refractivity contribution in [2.75, 3.05) is 0 Å². The largest absolute Gasteiger partial charge is 0.487 e. The molecule has 3 rings (SSSR count). The second-order valence-corrected chi connectivity index (χ2v) is 5.05. The summed E-state index contributed by atoms with van der Waals surface area (Å²) in [5.74, 6) is -0.288. The molecule has 2 aromatic carbocycles. The molecule has 0 atom stereocenters. The highest BCUT2D eigenvalue weighted by Crippen LogP contribution is 2.22. The number of hydrogen-bond donors (Lipinski definition) is 2. The summed E-state index contributed by atoms with van der Waals surface area (Å²) >= 11 is 5.89. The molecule has 5 heteroatoms. The van der Waals surface area contributed by atoms with Gasteiger partial charge in [-0.3, -0.25) is 0 Å². The minimum absolute atomic E-state index is 0.251. The molecule has 0 fully saturated rings. The number of carboxylic acids is 1. The molecule has 106 valence electrons. The van der Waals surface area contributed by atoms with E-state index >= 15 is 0 Å². The van der Waals surface area contributed by atoms with Gasteiger partial charge in [0.05, 0.1) is 16.8 Å². The summed E-state index contributed by atoms with van der Waals surface area (Å²) in [6, 6.07) is 14.2. The first kappa shape index (κ1) is 13.5. The van der Waals surface area contributed by atoms with Gasteiger partial charge in [-0.25, -0.2) is 4.79 Å². The Balaban J connectivity index is 1.85. The van der Waals surface area contributed by atoms with Gasteiger partial charge in [0, 0.05) is 10.4 Å². The lowest BCUT2D eigenvalue weighted by Gasteiger charge is -2.04. The smallest absolute Gasteiger partial charge is 0.337 e. The lowest BCUT2D eigenvalue weighted by Crippen LogP contribution is -1.98. The molecular formula is C16H12ClNO3. The maximum absolute atomic E-state index is 11.2. The normalized spacial score (nSPS) is 10.7. The van der Waals surface area contributed by atoms with E-state index in [1.54, 1.807) is 24.3 Å². The molecule has 0 saturated carbocycles. The van der Waals surface area contributed by atoms with E-state index in [1.165, 1.54) is 0 Å². The predicted octanol–water partition coefficient (Wildman–Crippen LogP) is 4.10. The Morgan fingerprint density at radius 3 is 2.76 bits per heavy atom. The van der Waals surface area contributed by atoms with E-state index in [9.17, 15) is 4.79 Å². The fourth-order valence-corrected chi connectivity index (χ4v) is 2.37. The number of hydrogen-bond acceptors (Lipinski definition) is 2. The number of halogens is 1. The molecule has 4 nitrogen and oxygen atoms in total. The molecule has 3 aromatic rings. The van der Waals surface area contributed by atoms with Gasteiger partial charge in [-0.1, -0.05) is 29.8 Å². The van der Waals surface area contributed by atoms with Gasteiger partial charge in [-0.05, 0) is 30.3 Å². The fraction of sp³-hybridized carbons (Fsp3) is 0.0625. The van der Waals surface area contributed by atoms with Crippen molar-refractivity contribution in [1.29, 1.82) is 0 Å². The van der Waals surface area contributed by atoms with Gasteiger partial charge < -0.3 is 14.8 Å². The Kier molecular flexibility index (Phi) is 3.54. The van der Waals surface area contributed by atoms with Crippen LogP contribution in [0.3, 0.4) is 0 Å². The summed E-state index contributed by atoms with van der Waals surface area (Å²) in [5.41, 5.74) is 1.66. The summed E-state index contributed by atoms with van der Waals surface area (Å²) in [4.78, 5) is 14.3. The molecule has 0 spiro atoms. The van der Waals surface area contributed by atoms with E-state index in [-0.39, 0.29) is 5.56 Å². The second kappa shape index (κ2) is 5.50. The van der Waals surface area contributed by atoms with Crippen molar-refractivity contribution in [2.45, 2.75) is 6.61 Å². The van der Waals surface area contributed by atoms with Crippen LogP contribution >= 0.6 is 11.6 Å². The second-order valence-electron chi connectivity index (χ2n) is 4.62. The van der Waals surface area contributed by atoms with E-state index in [0.29, 0.717) is 22.9 Å². The van der Waals surface area contributed by atoms with Crippen molar-refractivity contribution in [3.8, 4) is 5.75 Å². The van der Waals surface area contributed by atoms with Crippen LogP contribution in [-0.4, -0.2) is 16.1 Å².